The van der Waals surface area contributed by atoms with Gasteiger partial charge in [0.05, 0.1) is 5.75 Å². The fourth-order valence-corrected chi connectivity index (χ4v) is 1.82. The van der Waals surface area contributed by atoms with Crippen LogP contribution in [0.4, 0.5) is 4.39 Å². The molecule has 88 valence electrons. The fraction of sp³-hybridized carbons (Fsp3) is 0.417. The summed E-state index contributed by atoms with van der Waals surface area (Å²) in [6.45, 7) is 2.20. The van der Waals surface area contributed by atoms with Crippen LogP contribution in [0.3, 0.4) is 0 Å². The van der Waals surface area contributed by atoms with Gasteiger partial charge in [-0.25, -0.2) is 4.39 Å². The third-order valence-electron chi connectivity index (χ3n) is 1.86. The second kappa shape index (κ2) is 7.28. The van der Waals surface area contributed by atoms with Crippen molar-refractivity contribution in [3.8, 4) is 0 Å². The van der Waals surface area contributed by atoms with Gasteiger partial charge in [0, 0.05) is 0 Å². The molecular weight excluding hydrogens is 227 g/mol. The third kappa shape index (κ3) is 5.16. The van der Waals surface area contributed by atoms with Crippen molar-refractivity contribution in [2.24, 2.45) is 0 Å². The van der Waals surface area contributed by atoms with Gasteiger partial charge in [0.2, 0.25) is 0 Å². The molecule has 0 spiro atoms. The van der Waals surface area contributed by atoms with Crippen molar-refractivity contribution < 1.29 is 13.9 Å². The minimum Gasteiger partial charge on any atom is -0.460 e. The Hall–Kier alpha value is -1.03. The van der Waals surface area contributed by atoms with Crippen molar-refractivity contribution in [3.63, 3.8) is 0 Å². The molecule has 0 amide bonds. The quantitative estimate of drug-likeness (QED) is 0.566. The highest BCUT2D eigenvalue weighted by molar-refractivity contribution is 7.99. The van der Waals surface area contributed by atoms with E-state index >= 15 is 0 Å². The van der Waals surface area contributed by atoms with Gasteiger partial charge in [0.1, 0.15) is 12.4 Å². The van der Waals surface area contributed by atoms with Crippen molar-refractivity contribution in [2.75, 3.05) is 11.5 Å². The molecule has 0 saturated heterocycles. The zero-order chi connectivity index (χ0) is 11.8. The van der Waals surface area contributed by atoms with Gasteiger partial charge < -0.3 is 4.74 Å². The molecule has 1 aromatic carbocycles. The Morgan fingerprint density at radius 2 is 2.31 bits per heavy atom. The molecule has 0 aliphatic carbocycles. The van der Waals surface area contributed by atoms with Gasteiger partial charge in [-0.1, -0.05) is 19.1 Å². The van der Waals surface area contributed by atoms with Crippen molar-refractivity contribution in [3.05, 3.63) is 35.6 Å². The molecule has 0 atom stereocenters. The Bertz CT molecular complexity index is 342. The second-order valence-corrected chi connectivity index (χ2v) is 4.45. The van der Waals surface area contributed by atoms with Gasteiger partial charge in [-0.05, 0) is 29.9 Å². The minimum absolute atomic E-state index is 0.142. The number of halogens is 1. The number of ether oxygens (including phenoxy) is 1. The standard InChI is InChI=1S/C12H15FO2S/c1-2-6-16-9-12(14)15-8-10-4-3-5-11(13)7-10/h3-5,7H,2,6,8-9H2,1H3. The predicted octanol–water partition coefficient (Wildman–Crippen LogP) is 3.01. The Balaban J connectivity index is 2.26. The van der Waals surface area contributed by atoms with Gasteiger partial charge >= 0.3 is 5.97 Å². The highest BCUT2D eigenvalue weighted by atomic mass is 32.2. The number of benzene rings is 1. The number of thioether (sulfide) groups is 1. The summed E-state index contributed by atoms with van der Waals surface area (Å²) in [6.07, 6.45) is 1.04. The molecule has 0 N–H and O–H groups in total. The molecule has 2 nitrogen and oxygen atoms in total. The number of esters is 1. The minimum atomic E-state index is -0.311. The van der Waals surface area contributed by atoms with E-state index in [9.17, 15) is 9.18 Å². The lowest BCUT2D eigenvalue weighted by Crippen LogP contribution is -2.07. The second-order valence-electron chi connectivity index (χ2n) is 3.34. The number of hydrogen-bond acceptors (Lipinski definition) is 3. The lowest BCUT2D eigenvalue weighted by Gasteiger charge is -2.04. The molecule has 0 heterocycles. The number of rotatable bonds is 6. The molecule has 0 aromatic heterocycles. The van der Waals surface area contributed by atoms with Crippen LogP contribution in [-0.4, -0.2) is 17.5 Å². The van der Waals surface area contributed by atoms with Crippen LogP contribution >= 0.6 is 11.8 Å². The van der Waals surface area contributed by atoms with Gasteiger partial charge in [-0.3, -0.25) is 4.79 Å². The highest BCUT2D eigenvalue weighted by Gasteiger charge is 2.03. The molecule has 0 unspecified atom stereocenters. The van der Waals surface area contributed by atoms with Crippen LogP contribution in [0.25, 0.3) is 0 Å². The summed E-state index contributed by atoms with van der Waals surface area (Å²) in [5, 5.41) is 0. The molecule has 0 aliphatic rings. The summed E-state index contributed by atoms with van der Waals surface area (Å²) < 4.78 is 17.8. The van der Waals surface area contributed by atoms with Crippen LogP contribution in [-0.2, 0) is 16.1 Å². The number of hydrogen-bond donors (Lipinski definition) is 0. The zero-order valence-corrected chi connectivity index (χ0v) is 10.1. The normalized spacial score (nSPS) is 10.1. The molecule has 0 aliphatic heterocycles. The Morgan fingerprint density at radius 1 is 1.50 bits per heavy atom. The summed E-state index contributed by atoms with van der Waals surface area (Å²) >= 11 is 1.55. The summed E-state index contributed by atoms with van der Waals surface area (Å²) in [7, 11) is 0. The average molecular weight is 242 g/mol. The summed E-state index contributed by atoms with van der Waals surface area (Å²) in [4.78, 5) is 11.2. The maximum Gasteiger partial charge on any atom is 0.316 e. The molecule has 16 heavy (non-hydrogen) atoms. The van der Waals surface area contributed by atoms with Crippen LogP contribution in [0.1, 0.15) is 18.9 Å². The van der Waals surface area contributed by atoms with E-state index in [0.717, 1.165) is 12.2 Å². The van der Waals surface area contributed by atoms with Crippen LogP contribution in [0.15, 0.2) is 24.3 Å². The van der Waals surface area contributed by atoms with Crippen LogP contribution in [0.5, 0.6) is 0 Å². The Kier molecular flexibility index (Phi) is 5.93. The zero-order valence-electron chi connectivity index (χ0n) is 9.24. The first-order chi connectivity index (χ1) is 7.72. The van der Waals surface area contributed by atoms with Gasteiger partial charge in [-0.15, -0.1) is 0 Å². The van der Waals surface area contributed by atoms with Crippen LogP contribution < -0.4 is 0 Å². The molecule has 0 saturated carbocycles. The van der Waals surface area contributed by atoms with Crippen LogP contribution in [0, 0.1) is 5.82 Å². The first-order valence-electron chi connectivity index (χ1n) is 5.20. The van der Waals surface area contributed by atoms with E-state index in [4.69, 9.17) is 4.74 Å². The fourth-order valence-electron chi connectivity index (χ4n) is 1.13. The summed E-state index contributed by atoms with van der Waals surface area (Å²) in [6, 6.07) is 6.06. The van der Waals surface area contributed by atoms with E-state index in [-0.39, 0.29) is 18.4 Å². The molecule has 0 radical (unpaired) electrons. The maximum absolute atomic E-state index is 12.8. The van der Waals surface area contributed by atoms with E-state index in [1.807, 2.05) is 0 Å². The average Bonchev–Trinajstić information content (AvgIpc) is 2.27. The van der Waals surface area contributed by atoms with E-state index in [0.29, 0.717) is 11.3 Å². The predicted molar refractivity (Wildman–Crippen MR) is 63.8 cm³/mol. The molecule has 1 rings (SSSR count). The first-order valence-corrected chi connectivity index (χ1v) is 6.35. The Labute approximate surface area is 99.2 Å². The lowest BCUT2D eigenvalue weighted by atomic mass is 10.2. The summed E-state index contributed by atoms with van der Waals surface area (Å²) in [5.74, 6) is 0.759. The molecule has 0 fully saturated rings. The molecular formula is C12H15FO2S. The van der Waals surface area contributed by atoms with Crippen molar-refractivity contribution in [2.45, 2.75) is 20.0 Å². The molecule has 0 bridgehead atoms. The van der Waals surface area contributed by atoms with Gasteiger partial charge in [0.15, 0.2) is 0 Å². The van der Waals surface area contributed by atoms with Crippen molar-refractivity contribution >= 4 is 17.7 Å². The van der Waals surface area contributed by atoms with E-state index in [1.165, 1.54) is 12.1 Å². The van der Waals surface area contributed by atoms with E-state index in [2.05, 4.69) is 6.92 Å². The lowest BCUT2D eigenvalue weighted by molar-refractivity contribution is -0.141. The van der Waals surface area contributed by atoms with Crippen molar-refractivity contribution in [1.29, 1.82) is 0 Å². The van der Waals surface area contributed by atoms with Gasteiger partial charge in [-0.2, -0.15) is 11.8 Å². The van der Waals surface area contributed by atoms with Crippen LogP contribution in [0.2, 0.25) is 0 Å². The summed E-state index contributed by atoms with van der Waals surface area (Å²) in [5.41, 5.74) is 0.675. The number of carbonyl (C=O) groups excluding carboxylic acids is 1. The smallest absolute Gasteiger partial charge is 0.316 e. The topological polar surface area (TPSA) is 26.3 Å². The Morgan fingerprint density at radius 3 is 3.00 bits per heavy atom. The highest BCUT2D eigenvalue weighted by Crippen LogP contribution is 2.07. The number of carbonyl (C=O) groups is 1. The van der Waals surface area contributed by atoms with Gasteiger partial charge in [0.25, 0.3) is 0 Å². The maximum atomic E-state index is 12.8. The van der Waals surface area contributed by atoms with Crippen molar-refractivity contribution in [1.82, 2.24) is 0 Å². The monoisotopic (exact) mass is 242 g/mol. The first kappa shape index (κ1) is 13.0. The third-order valence-corrected chi connectivity index (χ3v) is 2.99. The largest absolute Gasteiger partial charge is 0.460 e. The van der Waals surface area contributed by atoms with E-state index < -0.39 is 0 Å². The van der Waals surface area contributed by atoms with E-state index in [1.54, 1.807) is 23.9 Å². The SMILES string of the molecule is CCCSCC(=O)OCc1cccc(F)c1. The molecule has 1 aromatic rings. The molecule has 4 heteroatoms.